The van der Waals surface area contributed by atoms with Gasteiger partial charge in [0.25, 0.3) is 0 Å². The number of nitrogens with zero attached hydrogens (tertiary/aromatic N) is 2. The van der Waals surface area contributed by atoms with Crippen molar-refractivity contribution in [1.29, 1.82) is 0 Å². The fraction of sp³-hybridized carbons (Fsp3) is 0.533. The topological polar surface area (TPSA) is 36.3 Å². The molecule has 1 aliphatic rings. The molecule has 0 saturated heterocycles. The summed E-state index contributed by atoms with van der Waals surface area (Å²) in [7, 11) is 3.28. The first kappa shape index (κ1) is 13.6. The zero-order valence-corrected chi connectivity index (χ0v) is 12.8. The van der Waals surface area contributed by atoms with Gasteiger partial charge < -0.3 is 14.0 Å². The number of hydrogen-bond acceptors (Lipinski definition) is 3. The van der Waals surface area contributed by atoms with Crippen LogP contribution in [-0.2, 0) is 5.88 Å². The Morgan fingerprint density at radius 1 is 1.30 bits per heavy atom. The molecule has 0 spiro atoms. The largest absolute Gasteiger partial charge is 0.493 e. The number of benzene rings is 1. The molecular weight excluding hydrogens is 276 g/mol. The number of fused-ring (bicyclic) bond motifs is 1. The highest BCUT2D eigenvalue weighted by molar-refractivity contribution is 6.16. The van der Waals surface area contributed by atoms with Crippen LogP contribution >= 0.6 is 11.6 Å². The van der Waals surface area contributed by atoms with Crippen LogP contribution in [0.25, 0.3) is 11.0 Å². The number of methoxy groups -OCH3 is 2. The smallest absolute Gasteiger partial charge is 0.163 e. The van der Waals surface area contributed by atoms with Crippen molar-refractivity contribution in [2.75, 3.05) is 14.2 Å². The van der Waals surface area contributed by atoms with E-state index in [9.17, 15) is 0 Å². The lowest BCUT2D eigenvalue weighted by atomic mass is 10.2. The zero-order valence-electron chi connectivity index (χ0n) is 12.0. The van der Waals surface area contributed by atoms with Gasteiger partial charge in [-0.15, -0.1) is 11.6 Å². The van der Waals surface area contributed by atoms with Crippen LogP contribution in [0.1, 0.15) is 31.6 Å². The van der Waals surface area contributed by atoms with Crippen LogP contribution in [0.3, 0.4) is 0 Å². The first-order valence-corrected chi connectivity index (χ1v) is 7.41. The second-order valence-electron chi connectivity index (χ2n) is 5.31. The van der Waals surface area contributed by atoms with E-state index in [4.69, 9.17) is 21.1 Å². The van der Waals surface area contributed by atoms with Crippen LogP contribution in [0.15, 0.2) is 12.1 Å². The predicted octanol–water partition coefficient (Wildman–Crippen LogP) is 3.76. The van der Waals surface area contributed by atoms with Gasteiger partial charge in [-0.2, -0.15) is 0 Å². The molecule has 1 aromatic carbocycles. The van der Waals surface area contributed by atoms with Crippen molar-refractivity contribution >= 4 is 22.6 Å². The molecule has 0 amide bonds. The molecule has 1 heterocycles. The van der Waals surface area contributed by atoms with E-state index in [2.05, 4.69) is 16.5 Å². The van der Waals surface area contributed by atoms with E-state index >= 15 is 0 Å². The molecule has 1 atom stereocenters. The van der Waals surface area contributed by atoms with Gasteiger partial charge in [-0.1, -0.05) is 0 Å². The number of halogens is 1. The summed E-state index contributed by atoms with van der Waals surface area (Å²) < 4.78 is 13.0. The number of alkyl halides is 1. The number of imidazole rings is 1. The molecule has 1 saturated carbocycles. The third-order valence-electron chi connectivity index (χ3n) is 4.10. The van der Waals surface area contributed by atoms with Gasteiger partial charge >= 0.3 is 0 Å². The summed E-state index contributed by atoms with van der Waals surface area (Å²) in [5, 5.41) is 0. The number of hydrogen-bond donors (Lipinski definition) is 0. The lowest BCUT2D eigenvalue weighted by Crippen LogP contribution is -2.10. The zero-order chi connectivity index (χ0) is 14.3. The van der Waals surface area contributed by atoms with E-state index in [1.54, 1.807) is 14.2 Å². The fourth-order valence-electron chi connectivity index (χ4n) is 2.81. The van der Waals surface area contributed by atoms with Crippen LogP contribution < -0.4 is 9.47 Å². The molecule has 108 valence electrons. The Bertz CT molecular complexity index is 634. The van der Waals surface area contributed by atoms with Crippen molar-refractivity contribution in [3.05, 3.63) is 18.0 Å². The summed E-state index contributed by atoms with van der Waals surface area (Å²) in [6.07, 6.45) is 2.58. The van der Waals surface area contributed by atoms with Crippen LogP contribution in [-0.4, -0.2) is 23.8 Å². The lowest BCUT2D eigenvalue weighted by molar-refractivity contribution is 0.355. The maximum atomic E-state index is 6.07. The molecule has 1 fully saturated rings. The second kappa shape index (κ2) is 5.17. The number of rotatable bonds is 5. The molecule has 3 rings (SSSR count). The molecule has 1 aromatic heterocycles. The summed E-state index contributed by atoms with van der Waals surface area (Å²) >= 11 is 6.07. The van der Waals surface area contributed by atoms with Crippen molar-refractivity contribution in [1.82, 2.24) is 9.55 Å². The first-order valence-electron chi connectivity index (χ1n) is 6.88. The van der Waals surface area contributed by atoms with Crippen LogP contribution in [0.5, 0.6) is 11.5 Å². The monoisotopic (exact) mass is 294 g/mol. The molecule has 20 heavy (non-hydrogen) atoms. The molecule has 0 N–H and O–H groups in total. The van der Waals surface area contributed by atoms with E-state index in [0.29, 0.717) is 17.7 Å². The van der Waals surface area contributed by atoms with Crippen molar-refractivity contribution in [3.63, 3.8) is 0 Å². The van der Waals surface area contributed by atoms with Gasteiger partial charge in [0, 0.05) is 18.2 Å². The summed E-state index contributed by atoms with van der Waals surface area (Å²) in [5.74, 6) is 3.49. The van der Waals surface area contributed by atoms with E-state index < -0.39 is 0 Å². The minimum absolute atomic E-state index is 0.413. The molecule has 2 aromatic rings. The Labute approximate surface area is 123 Å². The molecule has 4 nitrogen and oxygen atoms in total. The van der Waals surface area contributed by atoms with Crippen LogP contribution in [0.4, 0.5) is 0 Å². The van der Waals surface area contributed by atoms with Gasteiger partial charge in [0.15, 0.2) is 11.5 Å². The normalized spacial score (nSPS) is 16.4. The van der Waals surface area contributed by atoms with Crippen LogP contribution in [0, 0.1) is 5.92 Å². The predicted molar refractivity (Wildman–Crippen MR) is 79.8 cm³/mol. The second-order valence-corrected chi connectivity index (χ2v) is 5.57. The van der Waals surface area contributed by atoms with Gasteiger partial charge in [-0.05, 0) is 25.7 Å². The number of ether oxygens (including phenoxy) is 2. The minimum atomic E-state index is 0.413. The maximum Gasteiger partial charge on any atom is 0.163 e. The fourth-order valence-corrected chi connectivity index (χ4v) is 3.00. The third kappa shape index (κ3) is 2.12. The summed E-state index contributed by atoms with van der Waals surface area (Å²) in [4.78, 5) is 4.64. The Kier molecular flexibility index (Phi) is 3.50. The standard InChI is InChI=1S/C15H19ClN2O2/c1-9(10-4-5-10)18-12-7-14(20-3)13(19-2)6-11(12)17-15(18)8-16/h6-7,9-10H,4-5,8H2,1-3H3. The highest BCUT2D eigenvalue weighted by Crippen LogP contribution is 2.42. The Balaban J connectivity index is 2.20. The van der Waals surface area contributed by atoms with E-state index in [1.165, 1.54) is 12.8 Å². The molecule has 0 radical (unpaired) electrons. The van der Waals surface area contributed by atoms with Gasteiger partial charge in [0.1, 0.15) is 5.82 Å². The first-order chi connectivity index (χ1) is 9.69. The average Bonchev–Trinajstić information content (AvgIpc) is 3.25. The van der Waals surface area contributed by atoms with Gasteiger partial charge in [0.2, 0.25) is 0 Å². The minimum Gasteiger partial charge on any atom is -0.493 e. The maximum absolute atomic E-state index is 6.07. The van der Waals surface area contributed by atoms with Gasteiger partial charge in [-0.25, -0.2) is 4.98 Å². The highest BCUT2D eigenvalue weighted by atomic mass is 35.5. The Hall–Kier alpha value is -1.42. The van der Waals surface area contributed by atoms with Gasteiger partial charge in [-0.3, -0.25) is 0 Å². The summed E-state index contributed by atoms with van der Waals surface area (Å²) in [5.41, 5.74) is 1.98. The highest BCUT2D eigenvalue weighted by Gasteiger charge is 2.31. The lowest BCUT2D eigenvalue weighted by Gasteiger charge is -2.17. The van der Waals surface area contributed by atoms with E-state index in [0.717, 1.165) is 28.5 Å². The van der Waals surface area contributed by atoms with E-state index in [-0.39, 0.29) is 0 Å². The molecule has 0 aliphatic heterocycles. The average molecular weight is 295 g/mol. The molecule has 5 heteroatoms. The summed E-state index contributed by atoms with van der Waals surface area (Å²) in [6.45, 7) is 2.24. The molecular formula is C15H19ClN2O2. The van der Waals surface area contributed by atoms with Crippen molar-refractivity contribution in [2.45, 2.75) is 31.7 Å². The SMILES string of the molecule is COc1cc2nc(CCl)n(C(C)C3CC3)c2cc1OC. The van der Waals surface area contributed by atoms with Gasteiger partial charge in [0.05, 0.1) is 31.1 Å². The molecule has 1 aliphatic carbocycles. The van der Waals surface area contributed by atoms with E-state index in [1.807, 2.05) is 12.1 Å². The molecule has 0 bridgehead atoms. The summed E-state index contributed by atoms with van der Waals surface area (Å²) in [6, 6.07) is 4.34. The quantitative estimate of drug-likeness (QED) is 0.788. The third-order valence-corrected chi connectivity index (χ3v) is 4.34. The Morgan fingerprint density at radius 2 is 1.95 bits per heavy atom. The van der Waals surface area contributed by atoms with Crippen molar-refractivity contribution < 1.29 is 9.47 Å². The van der Waals surface area contributed by atoms with Crippen molar-refractivity contribution in [2.24, 2.45) is 5.92 Å². The Morgan fingerprint density at radius 3 is 2.50 bits per heavy atom. The van der Waals surface area contributed by atoms with Crippen LogP contribution in [0.2, 0.25) is 0 Å². The van der Waals surface area contributed by atoms with Crippen molar-refractivity contribution in [3.8, 4) is 11.5 Å². The molecule has 1 unspecified atom stereocenters. The number of aromatic nitrogens is 2.